The van der Waals surface area contributed by atoms with Crippen LogP contribution < -0.4 is 5.09 Å². The number of carbonyl (C=O) groups excluding carboxylic acids is 1. The van der Waals surface area contributed by atoms with Crippen LogP contribution in [0.1, 0.15) is 18.1 Å². The van der Waals surface area contributed by atoms with Crippen molar-refractivity contribution in [1.82, 2.24) is 5.09 Å². The van der Waals surface area contributed by atoms with E-state index in [0.717, 1.165) is 5.56 Å². The first-order valence-electron chi connectivity index (χ1n) is 5.65. The molecule has 1 aromatic rings. The molecule has 0 bridgehead atoms. The van der Waals surface area contributed by atoms with Crippen molar-refractivity contribution in [2.75, 3.05) is 7.11 Å². The normalized spacial score (nSPS) is 13.4. The van der Waals surface area contributed by atoms with Crippen molar-refractivity contribution in [2.24, 2.45) is 5.92 Å². The van der Waals surface area contributed by atoms with Gasteiger partial charge in [0.05, 0.1) is 24.7 Å². The molecule has 4 nitrogen and oxygen atoms in total. The zero-order valence-corrected chi connectivity index (χ0v) is 11.7. The maximum absolute atomic E-state index is 11.7. The van der Waals surface area contributed by atoms with Crippen LogP contribution in [0.3, 0.4) is 0 Å². The van der Waals surface area contributed by atoms with Crippen molar-refractivity contribution in [3.05, 3.63) is 35.4 Å². The summed E-state index contributed by atoms with van der Waals surface area (Å²) in [6.07, 6.45) is 0.546. The number of esters is 1. The van der Waals surface area contributed by atoms with Crippen molar-refractivity contribution in [1.29, 1.82) is 5.26 Å². The van der Waals surface area contributed by atoms with Crippen molar-refractivity contribution < 1.29 is 9.53 Å². The second-order valence-corrected chi connectivity index (χ2v) is 4.43. The number of methoxy groups -OCH3 is 1. The standard InChI is InChI=1S/C13H17N2O2P/c1-9(15-18)12(13(16)17-2)7-10-4-3-5-11(6-10)8-14/h3-6,9,12,15H,7,18H2,1-2H3/t9-,12?/m1/s1. The van der Waals surface area contributed by atoms with Crippen LogP contribution in [0.25, 0.3) is 0 Å². The number of carbonyl (C=O) groups is 1. The number of nitrogens with zero attached hydrogens (tertiary/aromatic N) is 1. The lowest BCUT2D eigenvalue weighted by Crippen LogP contribution is -2.35. The molecule has 0 spiro atoms. The minimum absolute atomic E-state index is 0.0202. The fraction of sp³-hybridized carbons (Fsp3) is 0.385. The molecule has 0 fully saturated rings. The summed E-state index contributed by atoms with van der Waals surface area (Å²) in [7, 11) is 3.79. The van der Waals surface area contributed by atoms with Crippen molar-refractivity contribution >= 4 is 15.4 Å². The Hall–Kier alpha value is -1.43. The number of nitriles is 1. The van der Waals surface area contributed by atoms with E-state index >= 15 is 0 Å². The van der Waals surface area contributed by atoms with Gasteiger partial charge in [0.1, 0.15) is 0 Å². The number of hydrogen-bond donors (Lipinski definition) is 1. The predicted molar refractivity (Wildman–Crippen MR) is 72.7 cm³/mol. The fourth-order valence-corrected chi connectivity index (χ4v) is 1.99. The van der Waals surface area contributed by atoms with E-state index < -0.39 is 0 Å². The van der Waals surface area contributed by atoms with E-state index in [1.54, 1.807) is 12.1 Å². The highest BCUT2D eigenvalue weighted by atomic mass is 31.0. The highest BCUT2D eigenvalue weighted by molar-refractivity contribution is 7.13. The average Bonchev–Trinajstić information content (AvgIpc) is 2.43. The lowest BCUT2D eigenvalue weighted by Gasteiger charge is -2.21. The van der Waals surface area contributed by atoms with Gasteiger partial charge >= 0.3 is 5.97 Å². The number of ether oxygens (including phenoxy) is 1. The summed E-state index contributed by atoms with van der Waals surface area (Å²) < 4.78 is 4.81. The number of nitrogens with one attached hydrogen (secondary N) is 1. The Morgan fingerprint density at radius 3 is 2.89 bits per heavy atom. The van der Waals surface area contributed by atoms with Gasteiger partial charge in [0.25, 0.3) is 0 Å². The van der Waals surface area contributed by atoms with E-state index in [9.17, 15) is 4.79 Å². The Kier molecular flexibility index (Phi) is 5.77. The number of hydrogen-bond acceptors (Lipinski definition) is 4. The maximum Gasteiger partial charge on any atom is 0.310 e. The molecule has 18 heavy (non-hydrogen) atoms. The smallest absolute Gasteiger partial charge is 0.310 e. The molecule has 1 rings (SSSR count). The van der Waals surface area contributed by atoms with Crippen LogP contribution in [0.2, 0.25) is 0 Å². The Morgan fingerprint density at radius 1 is 1.61 bits per heavy atom. The molecule has 0 saturated carbocycles. The van der Waals surface area contributed by atoms with Gasteiger partial charge in [0, 0.05) is 6.04 Å². The predicted octanol–water partition coefficient (Wildman–Crippen LogP) is 1.66. The van der Waals surface area contributed by atoms with Crippen molar-refractivity contribution in [3.63, 3.8) is 0 Å². The summed E-state index contributed by atoms with van der Waals surface area (Å²) in [6, 6.07) is 9.34. The monoisotopic (exact) mass is 264 g/mol. The molecule has 96 valence electrons. The van der Waals surface area contributed by atoms with Crippen LogP contribution in [0, 0.1) is 17.2 Å². The zero-order chi connectivity index (χ0) is 13.5. The molecular formula is C13H17N2O2P. The summed E-state index contributed by atoms with van der Waals surface area (Å²) in [5, 5.41) is 11.8. The van der Waals surface area contributed by atoms with Crippen LogP contribution in [-0.2, 0) is 16.0 Å². The van der Waals surface area contributed by atoms with Gasteiger partial charge in [0.15, 0.2) is 0 Å². The van der Waals surface area contributed by atoms with E-state index in [1.807, 2.05) is 19.1 Å². The third-order valence-electron chi connectivity index (χ3n) is 2.88. The van der Waals surface area contributed by atoms with Gasteiger partial charge in [-0.25, -0.2) is 0 Å². The first-order chi connectivity index (χ1) is 8.62. The molecule has 0 heterocycles. The first kappa shape index (κ1) is 14.6. The van der Waals surface area contributed by atoms with Crippen LogP contribution in [-0.4, -0.2) is 19.1 Å². The average molecular weight is 264 g/mol. The van der Waals surface area contributed by atoms with Gasteiger partial charge in [0.2, 0.25) is 0 Å². The zero-order valence-electron chi connectivity index (χ0n) is 10.5. The molecule has 0 aliphatic rings. The first-order valence-corrected chi connectivity index (χ1v) is 6.23. The van der Waals surface area contributed by atoms with Gasteiger partial charge in [-0.1, -0.05) is 21.5 Å². The molecule has 2 unspecified atom stereocenters. The third kappa shape index (κ3) is 3.80. The van der Waals surface area contributed by atoms with E-state index in [-0.39, 0.29) is 17.9 Å². The molecular weight excluding hydrogens is 247 g/mol. The minimum Gasteiger partial charge on any atom is -0.469 e. The maximum atomic E-state index is 11.7. The number of benzene rings is 1. The Bertz CT molecular complexity index is 457. The minimum atomic E-state index is -0.276. The van der Waals surface area contributed by atoms with Gasteiger partial charge < -0.3 is 4.74 Å². The van der Waals surface area contributed by atoms with Crippen molar-refractivity contribution in [3.8, 4) is 6.07 Å². The van der Waals surface area contributed by atoms with Crippen LogP contribution in [0.5, 0.6) is 0 Å². The van der Waals surface area contributed by atoms with Crippen LogP contribution >= 0.6 is 9.39 Å². The van der Waals surface area contributed by atoms with Crippen molar-refractivity contribution in [2.45, 2.75) is 19.4 Å². The lowest BCUT2D eigenvalue weighted by molar-refractivity contribution is -0.146. The Balaban J connectivity index is 2.89. The van der Waals surface area contributed by atoms with Gasteiger partial charge in [-0.05, 0) is 31.0 Å². The molecule has 1 N–H and O–H groups in total. The Labute approximate surface area is 110 Å². The highest BCUT2D eigenvalue weighted by Gasteiger charge is 2.25. The van der Waals surface area contributed by atoms with E-state index in [4.69, 9.17) is 10.00 Å². The second kappa shape index (κ2) is 7.10. The topological polar surface area (TPSA) is 62.1 Å². The molecule has 0 amide bonds. The van der Waals surface area contributed by atoms with E-state index in [2.05, 4.69) is 20.5 Å². The number of rotatable bonds is 5. The molecule has 0 aromatic heterocycles. The molecule has 0 saturated heterocycles. The molecule has 1 aromatic carbocycles. The van der Waals surface area contributed by atoms with Crippen LogP contribution in [0.15, 0.2) is 24.3 Å². The lowest BCUT2D eigenvalue weighted by atomic mass is 9.93. The second-order valence-electron chi connectivity index (χ2n) is 4.10. The molecule has 0 aliphatic carbocycles. The Morgan fingerprint density at radius 2 is 2.33 bits per heavy atom. The summed E-state index contributed by atoms with van der Waals surface area (Å²) in [4.78, 5) is 11.7. The fourth-order valence-electron chi connectivity index (χ4n) is 1.75. The SMILES string of the molecule is COC(=O)C(Cc1cccc(C#N)c1)[C@@H](C)NP. The molecule has 0 aliphatic heterocycles. The molecule has 5 heteroatoms. The largest absolute Gasteiger partial charge is 0.469 e. The van der Waals surface area contributed by atoms with E-state index in [0.29, 0.717) is 12.0 Å². The highest BCUT2D eigenvalue weighted by Crippen LogP contribution is 2.16. The molecule has 0 radical (unpaired) electrons. The summed E-state index contributed by atoms with van der Waals surface area (Å²) in [6.45, 7) is 1.92. The van der Waals surface area contributed by atoms with Gasteiger partial charge in [-0.15, -0.1) is 0 Å². The summed E-state index contributed by atoms with van der Waals surface area (Å²) >= 11 is 0. The molecule has 3 atom stereocenters. The quantitative estimate of drug-likeness (QED) is 0.649. The van der Waals surface area contributed by atoms with Crippen LogP contribution in [0.4, 0.5) is 0 Å². The summed E-state index contributed by atoms with van der Waals surface area (Å²) in [5.41, 5.74) is 1.55. The third-order valence-corrected chi connectivity index (χ3v) is 3.41. The van der Waals surface area contributed by atoms with E-state index in [1.165, 1.54) is 7.11 Å². The van der Waals surface area contributed by atoms with Gasteiger partial charge in [-0.2, -0.15) is 5.26 Å². The van der Waals surface area contributed by atoms with Gasteiger partial charge in [-0.3, -0.25) is 9.88 Å². The summed E-state index contributed by atoms with van der Waals surface area (Å²) in [5.74, 6) is -0.527.